The van der Waals surface area contributed by atoms with Gasteiger partial charge in [-0.3, -0.25) is 40.4 Å². The molecule has 0 spiro atoms. The van der Waals surface area contributed by atoms with Crippen molar-refractivity contribution in [2.75, 3.05) is 52.5 Å². The molecule has 2 saturated carbocycles. The number of aliphatic hydroxyl groups excluding tert-OH is 10. The Morgan fingerprint density at radius 1 is 0.396 bits per heavy atom. The van der Waals surface area contributed by atoms with Crippen molar-refractivity contribution in [2.24, 2.45) is 0 Å². The van der Waals surface area contributed by atoms with Crippen LogP contribution in [0.15, 0.2) is 0 Å². The van der Waals surface area contributed by atoms with Crippen LogP contribution in [0.2, 0.25) is 0 Å². The smallest absolute Gasteiger partial charge is 0.480 e. The fourth-order valence-electron chi connectivity index (χ4n) is 5.50. The Bertz CT molecular complexity index is 938. The van der Waals surface area contributed by atoms with Gasteiger partial charge in [-0.25, -0.2) is 0 Å². The van der Waals surface area contributed by atoms with E-state index in [2.05, 4.69) is 31.9 Å². The Balaban J connectivity index is -0.000000893. The number of hydrogen-bond acceptors (Lipinski definition) is 20. The SMILES string of the molecule is O=C(O)CN[C@@H]1C(O)[C@H](NCC(=O)O)[C@H](O)C(NCC(O)CO)[C@@H]1O.O=C(O)CN[C@@H]1C(O)[C@H](NCC(=O)O)[C@H](O)C(NCC(O)CO)[C@@H]1O.[Hf+4].[Hf+4].[Hf+4]. The van der Waals surface area contributed by atoms with Crippen LogP contribution in [0, 0.1) is 0 Å². The quantitative estimate of drug-likeness (QED) is 0.0503. The number of hydrogen-bond donors (Lipinski definition) is 20. The van der Waals surface area contributed by atoms with Crippen molar-refractivity contribution in [3.05, 3.63) is 0 Å². The van der Waals surface area contributed by atoms with E-state index in [0.29, 0.717) is 0 Å². The van der Waals surface area contributed by atoms with Gasteiger partial charge < -0.3 is 82.1 Å². The van der Waals surface area contributed by atoms with Crippen molar-refractivity contribution < 1.29 is 168 Å². The second-order valence-electron chi connectivity index (χ2n) is 11.7. The molecule has 0 aromatic rings. The molecule has 14 atom stereocenters. The summed E-state index contributed by atoms with van der Waals surface area (Å²) in [7, 11) is 0. The van der Waals surface area contributed by atoms with Gasteiger partial charge in [0.15, 0.2) is 0 Å². The summed E-state index contributed by atoms with van der Waals surface area (Å²) in [6.45, 7) is -3.81. The summed E-state index contributed by atoms with van der Waals surface area (Å²) in [6, 6.07) is -6.99. The molecule has 0 radical (unpaired) electrons. The minimum absolute atomic E-state index is 0. The molecule has 27 heteroatoms. The van der Waals surface area contributed by atoms with Crippen molar-refractivity contribution in [2.45, 2.75) is 85.1 Å². The number of rotatable bonds is 20. The van der Waals surface area contributed by atoms with E-state index >= 15 is 0 Å². The normalized spacial score (nSPS) is 31.9. The Morgan fingerprint density at radius 3 is 0.717 bits per heavy atom. The first-order chi connectivity index (χ1) is 23.4. The Hall–Kier alpha value is -0.150. The molecule has 2 rings (SSSR count). The topological polar surface area (TPSA) is 424 Å². The van der Waals surface area contributed by atoms with Crippen LogP contribution in [0.5, 0.6) is 0 Å². The van der Waals surface area contributed by atoms with Crippen LogP contribution in [-0.4, -0.2) is 233 Å². The van der Waals surface area contributed by atoms with E-state index < -0.39 is 148 Å². The van der Waals surface area contributed by atoms with Crippen molar-refractivity contribution in [3.8, 4) is 0 Å². The zero-order valence-electron chi connectivity index (χ0n) is 28.1. The molecule has 6 unspecified atom stereocenters. The minimum Gasteiger partial charge on any atom is -0.480 e. The number of aliphatic carboxylic acids is 4. The van der Waals surface area contributed by atoms with E-state index in [4.69, 9.17) is 30.6 Å². The molecule has 0 aliphatic heterocycles. The van der Waals surface area contributed by atoms with Gasteiger partial charge in [-0.05, 0) is 0 Å². The summed E-state index contributed by atoms with van der Waals surface area (Å²) in [6.07, 6.45) is -11.1. The fraction of sp³-hybridized carbons (Fsp3) is 0.846. The first kappa shape index (κ1) is 57.2. The van der Waals surface area contributed by atoms with E-state index in [0.717, 1.165) is 0 Å². The third-order valence-corrected chi connectivity index (χ3v) is 7.97. The molecule has 0 saturated heterocycles. The Kier molecular flexibility index (Phi) is 31.4. The van der Waals surface area contributed by atoms with E-state index in [9.17, 15) is 60.0 Å². The van der Waals surface area contributed by atoms with E-state index in [1.165, 1.54) is 0 Å². The number of aliphatic hydroxyl groups is 10. The van der Waals surface area contributed by atoms with Crippen LogP contribution in [0.4, 0.5) is 0 Å². The summed E-state index contributed by atoms with van der Waals surface area (Å²) in [5, 5.41) is 148. The molecule has 0 aromatic heterocycles. The van der Waals surface area contributed by atoms with E-state index in [-0.39, 0.29) is 90.6 Å². The average molecular weight is 1270 g/mol. The minimum atomic E-state index is -1.48. The maximum atomic E-state index is 10.7. The number of nitrogens with one attached hydrogen (secondary N) is 6. The van der Waals surface area contributed by atoms with Crippen LogP contribution in [0.25, 0.3) is 0 Å². The van der Waals surface area contributed by atoms with Crippen molar-refractivity contribution in [1.29, 1.82) is 0 Å². The predicted molar refractivity (Wildman–Crippen MR) is 164 cm³/mol. The molecule has 292 valence electrons. The monoisotopic (exact) mass is 1270 g/mol. The van der Waals surface area contributed by atoms with Crippen LogP contribution >= 0.6 is 0 Å². The molecular weight excluding hydrogens is 1220 g/mol. The van der Waals surface area contributed by atoms with Crippen LogP contribution in [0.1, 0.15) is 0 Å². The van der Waals surface area contributed by atoms with Gasteiger partial charge >= 0.3 is 101 Å². The number of carboxylic acid groups (broad SMARTS) is 4. The van der Waals surface area contributed by atoms with Crippen molar-refractivity contribution in [1.82, 2.24) is 31.9 Å². The maximum Gasteiger partial charge on any atom is 4.00 e. The largest absolute Gasteiger partial charge is 4.00 e. The third kappa shape index (κ3) is 19.2. The fourth-order valence-corrected chi connectivity index (χ4v) is 5.50. The third-order valence-electron chi connectivity index (χ3n) is 7.97. The summed E-state index contributed by atoms with van der Waals surface area (Å²) in [4.78, 5) is 42.8. The van der Waals surface area contributed by atoms with Gasteiger partial charge in [0.25, 0.3) is 0 Å². The van der Waals surface area contributed by atoms with Gasteiger partial charge in [-0.1, -0.05) is 0 Å². The summed E-state index contributed by atoms with van der Waals surface area (Å²) in [5.41, 5.74) is 0. The van der Waals surface area contributed by atoms with Gasteiger partial charge in [0.1, 0.15) is 0 Å². The zero-order chi connectivity index (χ0) is 38.3. The molecule has 20 N–H and O–H groups in total. The van der Waals surface area contributed by atoms with Gasteiger partial charge in [0.2, 0.25) is 0 Å². The first-order valence-electron chi connectivity index (χ1n) is 15.3. The molecule has 2 fully saturated rings. The molecule has 24 nitrogen and oxygen atoms in total. The van der Waals surface area contributed by atoms with Crippen LogP contribution in [0.3, 0.4) is 0 Å². The summed E-state index contributed by atoms with van der Waals surface area (Å²) in [5.74, 6) is -4.94. The first-order valence-corrected chi connectivity index (χ1v) is 15.3. The van der Waals surface area contributed by atoms with Gasteiger partial charge in [0, 0.05) is 13.1 Å². The molecule has 2 aliphatic rings. The molecule has 0 bridgehead atoms. The summed E-state index contributed by atoms with van der Waals surface area (Å²) < 4.78 is 0. The molecule has 2 aliphatic carbocycles. The van der Waals surface area contributed by atoms with E-state index in [1.54, 1.807) is 0 Å². The number of carbonyl (C=O) groups is 4. The maximum absolute atomic E-state index is 10.7. The molecule has 53 heavy (non-hydrogen) atoms. The second kappa shape index (κ2) is 29.1. The zero-order valence-corrected chi connectivity index (χ0v) is 38.9. The van der Waals surface area contributed by atoms with Crippen molar-refractivity contribution in [3.63, 3.8) is 0 Å². The Labute approximate surface area is 359 Å². The van der Waals surface area contributed by atoms with Crippen molar-refractivity contribution >= 4 is 23.9 Å². The second-order valence-corrected chi connectivity index (χ2v) is 11.7. The van der Waals surface area contributed by atoms with E-state index in [1.807, 2.05) is 0 Å². The van der Waals surface area contributed by atoms with Gasteiger partial charge in [-0.15, -0.1) is 0 Å². The molecule has 0 aromatic carbocycles. The predicted octanol–water partition coefficient (Wildman–Crippen LogP) is -11.0. The number of carboxylic acids is 4. The van der Waals surface area contributed by atoms with Gasteiger partial charge in [-0.2, -0.15) is 0 Å². The van der Waals surface area contributed by atoms with Gasteiger partial charge in [0.05, 0.1) is 124 Å². The summed E-state index contributed by atoms with van der Waals surface area (Å²) >= 11 is 0. The molecular formula is C26H50Hf3N6O18+12. The van der Waals surface area contributed by atoms with Crippen LogP contribution in [-0.2, 0) is 96.7 Å². The average Bonchev–Trinajstić information content (AvgIpc) is 3.03. The molecule has 0 amide bonds. The standard InChI is InChI=1S/2C13H25N3O9.3Hf/c2*17-4-5(18)1-14-8-11(23)9(15-2-6(19)20)13(25)10(12(8)24)16-3-7(21)22;;;/h2*5,8-18,23-25H,1-4H2,(H,19,20)(H,21,22);;;/q;;3*+4/t2*5?,8?,9-,10+,11-,12+,13?;;;. The Morgan fingerprint density at radius 2 is 0.566 bits per heavy atom. The molecule has 0 heterocycles. The van der Waals surface area contributed by atoms with Crippen LogP contribution < -0.4 is 31.9 Å².